The smallest absolute Gasteiger partial charge is 0.338 e. The minimum atomic E-state index is -0.545. The summed E-state index contributed by atoms with van der Waals surface area (Å²) in [6.45, 7) is 2.23. The molecule has 0 aliphatic carbocycles. The molecule has 1 amide bonds. The molecule has 0 radical (unpaired) electrons. The first-order chi connectivity index (χ1) is 14.5. The molecule has 3 rings (SSSR count). The van der Waals surface area contributed by atoms with Gasteiger partial charge in [-0.15, -0.1) is 11.8 Å². The van der Waals surface area contributed by atoms with E-state index in [1.54, 1.807) is 60.3 Å². The number of esters is 1. The van der Waals surface area contributed by atoms with Crippen LogP contribution >= 0.6 is 11.8 Å². The molecule has 0 spiro atoms. The predicted octanol–water partition coefficient (Wildman–Crippen LogP) is 4.43. The highest BCUT2D eigenvalue weighted by Crippen LogP contribution is 2.22. The third kappa shape index (κ3) is 6.39. The van der Waals surface area contributed by atoms with Crippen molar-refractivity contribution >= 4 is 23.6 Å². The van der Waals surface area contributed by atoms with Gasteiger partial charge in [0.2, 0.25) is 0 Å². The molecule has 0 unspecified atom stereocenters. The first-order valence-corrected chi connectivity index (χ1v) is 10.5. The maximum atomic E-state index is 12.1. The number of phenols is 1. The number of nitrogens with one attached hydrogen (secondary N) is 1. The van der Waals surface area contributed by atoms with E-state index < -0.39 is 5.97 Å². The predicted molar refractivity (Wildman–Crippen MR) is 119 cm³/mol. The molecular formula is C24H23NO4S. The third-order valence-corrected chi connectivity index (χ3v) is 5.38. The molecule has 0 saturated carbocycles. The summed E-state index contributed by atoms with van der Waals surface area (Å²) in [7, 11) is 0. The van der Waals surface area contributed by atoms with Gasteiger partial charge in [-0.1, -0.05) is 42.0 Å². The van der Waals surface area contributed by atoms with Crippen LogP contribution in [0.3, 0.4) is 0 Å². The molecule has 0 heterocycles. The molecule has 0 aliphatic heterocycles. The normalized spacial score (nSPS) is 10.4. The number of phenolic OH excluding ortho intramolecular Hbond substituents is 1. The fraction of sp³-hybridized carbons (Fsp3) is 0.167. The zero-order valence-corrected chi connectivity index (χ0v) is 17.4. The van der Waals surface area contributed by atoms with Gasteiger partial charge in [0.25, 0.3) is 5.91 Å². The summed E-state index contributed by atoms with van der Waals surface area (Å²) in [6.07, 6.45) is 0. The van der Waals surface area contributed by atoms with Crippen molar-refractivity contribution in [1.29, 1.82) is 0 Å². The Balaban J connectivity index is 1.39. The molecule has 0 aliphatic rings. The second kappa shape index (κ2) is 10.5. The van der Waals surface area contributed by atoms with Crippen LogP contribution in [0, 0.1) is 6.92 Å². The molecule has 30 heavy (non-hydrogen) atoms. The lowest BCUT2D eigenvalue weighted by atomic mass is 10.0. The van der Waals surface area contributed by atoms with Crippen LogP contribution < -0.4 is 5.32 Å². The molecule has 3 aromatic carbocycles. The topological polar surface area (TPSA) is 75.6 Å². The van der Waals surface area contributed by atoms with Crippen molar-refractivity contribution in [2.75, 3.05) is 18.9 Å². The number of carbonyl (C=O) groups is 2. The number of carbonyl (C=O) groups excluding carboxylic acids is 2. The molecule has 6 heteroatoms. The number of ether oxygens (including phenoxy) is 1. The maximum Gasteiger partial charge on any atom is 0.338 e. The van der Waals surface area contributed by atoms with E-state index in [-0.39, 0.29) is 18.3 Å². The molecule has 0 saturated heterocycles. The molecule has 0 atom stereocenters. The van der Waals surface area contributed by atoms with Crippen molar-refractivity contribution < 1.29 is 19.4 Å². The number of aromatic hydroxyl groups is 1. The van der Waals surface area contributed by atoms with E-state index in [4.69, 9.17) is 4.74 Å². The van der Waals surface area contributed by atoms with E-state index in [0.29, 0.717) is 12.1 Å². The van der Waals surface area contributed by atoms with Crippen LogP contribution in [0.15, 0.2) is 77.7 Å². The van der Waals surface area contributed by atoms with E-state index in [1.807, 2.05) is 6.92 Å². The van der Waals surface area contributed by atoms with Gasteiger partial charge in [0.1, 0.15) is 5.75 Å². The lowest BCUT2D eigenvalue weighted by Gasteiger charge is -2.08. The van der Waals surface area contributed by atoms with Crippen molar-refractivity contribution in [2.24, 2.45) is 0 Å². The van der Waals surface area contributed by atoms with E-state index in [0.717, 1.165) is 21.8 Å². The summed E-state index contributed by atoms with van der Waals surface area (Å²) in [4.78, 5) is 25.2. The van der Waals surface area contributed by atoms with Crippen molar-refractivity contribution in [3.05, 3.63) is 83.9 Å². The fourth-order valence-electron chi connectivity index (χ4n) is 2.71. The van der Waals surface area contributed by atoms with Crippen molar-refractivity contribution in [1.82, 2.24) is 5.32 Å². The summed E-state index contributed by atoms with van der Waals surface area (Å²) in [5.41, 5.74) is 3.43. The monoisotopic (exact) mass is 421 g/mol. The molecule has 0 bridgehead atoms. The van der Waals surface area contributed by atoms with Gasteiger partial charge in [-0.05, 0) is 54.4 Å². The number of hydrogen-bond donors (Lipinski definition) is 2. The van der Waals surface area contributed by atoms with Gasteiger partial charge in [-0.2, -0.15) is 0 Å². The van der Waals surface area contributed by atoms with Crippen LogP contribution in [0.4, 0.5) is 0 Å². The molecule has 5 nitrogen and oxygen atoms in total. The summed E-state index contributed by atoms with van der Waals surface area (Å²) in [5.74, 6) is 0.0672. The standard InChI is InChI=1S/C24H23NO4S/c1-17-2-12-22(13-3-17)30-15-14-25-23(27)16-29-24(28)20-6-4-18(5-7-20)19-8-10-21(26)11-9-19/h2-13,26H,14-16H2,1H3,(H,25,27). The van der Waals surface area contributed by atoms with Gasteiger partial charge in [0, 0.05) is 17.2 Å². The molecule has 2 N–H and O–H groups in total. The Hall–Kier alpha value is -3.25. The van der Waals surface area contributed by atoms with Crippen LogP contribution in [0.2, 0.25) is 0 Å². The largest absolute Gasteiger partial charge is 0.508 e. The number of amides is 1. The van der Waals surface area contributed by atoms with Crippen LogP contribution in [-0.4, -0.2) is 35.9 Å². The van der Waals surface area contributed by atoms with Gasteiger partial charge in [-0.3, -0.25) is 4.79 Å². The van der Waals surface area contributed by atoms with Gasteiger partial charge in [-0.25, -0.2) is 4.79 Å². The Bertz CT molecular complexity index is 983. The van der Waals surface area contributed by atoms with Crippen LogP contribution in [-0.2, 0) is 9.53 Å². The molecule has 154 valence electrons. The summed E-state index contributed by atoms with van der Waals surface area (Å²) in [6, 6.07) is 21.9. The van der Waals surface area contributed by atoms with Gasteiger partial charge in [0.15, 0.2) is 6.61 Å². The lowest BCUT2D eigenvalue weighted by molar-refractivity contribution is -0.124. The average Bonchev–Trinajstić information content (AvgIpc) is 2.77. The second-order valence-corrected chi connectivity index (χ2v) is 7.88. The summed E-state index contributed by atoms with van der Waals surface area (Å²) in [5, 5.41) is 12.1. The van der Waals surface area contributed by atoms with E-state index >= 15 is 0 Å². The second-order valence-electron chi connectivity index (χ2n) is 6.71. The highest BCUT2D eigenvalue weighted by Gasteiger charge is 2.10. The lowest BCUT2D eigenvalue weighted by Crippen LogP contribution is -2.30. The molecule has 0 fully saturated rings. The Morgan fingerprint density at radius 3 is 2.13 bits per heavy atom. The number of hydrogen-bond acceptors (Lipinski definition) is 5. The van der Waals surface area contributed by atoms with Crippen LogP contribution in [0.1, 0.15) is 15.9 Å². The van der Waals surface area contributed by atoms with Crippen LogP contribution in [0.5, 0.6) is 5.75 Å². The number of rotatable bonds is 8. The molecular weight excluding hydrogens is 398 g/mol. The minimum Gasteiger partial charge on any atom is -0.508 e. The van der Waals surface area contributed by atoms with E-state index in [9.17, 15) is 14.7 Å². The van der Waals surface area contributed by atoms with E-state index in [2.05, 4.69) is 29.6 Å². The Kier molecular flexibility index (Phi) is 7.51. The first kappa shape index (κ1) is 21.5. The fourth-order valence-corrected chi connectivity index (χ4v) is 3.48. The average molecular weight is 422 g/mol. The van der Waals surface area contributed by atoms with Crippen molar-refractivity contribution in [2.45, 2.75) is 11.8 Å². The minimum absolute atomic E-state index is 0.200. The molecule has 3 aromatic rings. The van der Waals surface area contributed by atoms with E-state index in [1.165, 1.54) is 5.56 Å². The summed E-state index contributed by atoms with van der Waals surface area (Å²) >= 11 is 1.66. The van der Waals surface area contributed by atoms with Gasteiger partial charge >= 0.3 is 5.97 Å². The highest BCUT2D eigenvalue weighted by molar-refractivity contribution is 7.99. The zero-order valence-electron chi connectivity index (χ0n) is 16.6. The number of aryl methyl sites for hydroxylation is 1. The molecule has 0 aromatic heterocycles. The maximum absolute atomic E-state index is 12.1. The first-order valence-electron chi connectivity index (χ1n) is 9.54. The van der Waals surface area contributed by atoms with Crippen molar-refractivity contribution in [3.8, 4) is 16.9 Å². The van der Waals surface area contributed by atoms with Gasteiger partial charge in [0.05, 0.1) is 5.56 Å². The number of benzene rings is 3. The number of thioether (sulfide) groups is 1. The highest BCUT2D eigenvalue weighted by atomic mass is 32.2. The van der Waals surface area contributed by atoms with Crippen LogP contribution in [0.25, 0.3) is 11.1 Å². The van der Waals surface area contributed by atoms with Gasteiger partial charge < -0.3 is 15.2 Å². The summed E-state index contributed by atoms with van der Waals surface area (Å²) < 4.78 is 5.09. The Morgan fingerprint density at radius 1 is 0.900 bits per heavy atom. The zero-order chi connectivity index (χ0) is 21.3. The Morgan fingerprint density at radius 2 is 1.50 bits per heavy atom. The van der Waals surface area contributed by atoms with Crippen molar-refractivity contribution in [3.63, 3.8) is 0 Å². The third-order valence-electron chi connectivity index (χ3n) is 4.37. The quantitative estimate of drug-likeness (QED) is 0.320. The Labute approximate surface area is 180 Å². The SMILES string of the molecule is Cc1ccc(SCCNC(=O)COC(=O)c2ccc(-c3ccc(O)cc3)cc2)cc1.